The van der Waals surface area contributed by atoms with Gasteiger partial charge in [-0.05, 0) is 36.8 Å². The van der Waals surface area contributed by atoms with Crippen LogP contribution in [0.4, 0.5) is 4.39 Å². The van der Waals surface area contributed by atoms with Crippen LogP contribution in [0.25, 0.3) is 0 Å². The summed E-state index contributed by atoms with van der Waals surface area (Å²) in [7, 11) is 0. The fraction of sp³-hybridized carbons (Fsp3) is 0.188. The summed E-state index contributed by atoms with van der Waals surface area (Å²) in [5.74, 6) is -0.179. The van der Waals surface area contributed by atoms with Gasteiger partial charge in [-0.1, -0.05) is 35.0 Å². The molecule has 0 atom stereocenters. The molecule has 2 nitrogen and oxygen atoms in total. The maximum atomic E-state index is 13.3. The summed E-state index contributed by atoms with van der Waals surface area (Å²) >= 11 is 3.28. The standard InChI is InChI=1S/C16H14BrFO2/c1-2-9-20-15-6-4-3-5-12(15)16(19)13-10-11(18)7-8-14(13)17/h3-8,10H,2,9H2,1H3. The summed E-state index contributed by atoms with van der Waals surface area (Å²) in [6, 6.07) is 11.1. The number of carbonyl (C=O) groups is 1. The van der Waals surface area contributed by atoms with Crippen LogP contribution < -0.4 is 4.74 Å². The van der Waals surface area contributed by atoms with E-state index in [9.17, 15) is 9.18 Å². The van der Waals surface area contributed by atoms with Gasteiger partial charge in [-0.15, -0.1) is 0 Å². The van der Waals surface area contributed by atoms with Crippen LogP contribution in [0.15, 0.2) is 46.9 Å². The molecule has 2 rings (SSSR count). The lowest BCUT2D eigenvalue weighted by atomic mass is 10.0. The predicted molar refractivity (Wildman–Crippen MR) is 79.8 cm³/mol. The van der Waals surface area contributed by atoms with E-state index >= 15 is 0 Å². The number of halogens is 2. The molecule has 0 aliphatic heterocycles. The highest BCUT2D eigenvalue weighted by Gasteiger charge is 2.17. The zero-order chi connectivity index (χ0) is 14.5. The van der Waals surface area contributed by atoms with E-state index in [1.807, 2.05) is 13.0 Å². The maximum Gasteiger partial charge on any atom is 0.197 e. The topological polar surface area (TPSA) is 26.3 Å². The average molecular weight is 337 g/mol. The van der Waals surface area contributed by atoms with Crippen molar-refractivity contribution in [2.75, 3.05) is 6.61 Å². The third kappa shape index (κ3) is 3.25. The van der Waals surface area contributed by atoms with Gasteiger partial charge in [0.05, 0.1) is 12.2 Å². The Labute approximate surface area is 125 Å². The van der Waals surface area contributed by atoms with Crippen molar-refractivity contribution in [1.29, 1.82) is 0 Å². The van der Waals surface area contributed by atoms with Gasteiger partial charge in [0.15, 0.2) is 5.78 Å². The van der Waals surface area contributed by atoms with E-state index in [0.717, 1.165) is 6.42 Å². The van der Waals surface area contributed by atoms with E-state index in [4.69, 9.17) is 4.74 Å². The molecule has 0 aromatic heterocycles. The Morgan fingerprint density at radius 1 is 1.20 bits per heavy atom. The van der Waals surface area contributed by atoms with Crippen molar-refractivity contribution in [3.8, 4) is 5.75 Å². The zero-order valence-electron chi connectivity index (χ0n) is 11.0. The Bertz CT molecular complexity index is 626. The lowest BCUT2D eigenvalue weighted by Crippen LogP contribution is -2.07. The van der Waals surface area contributed by atoms with E-state index in [2.05, 4.69) is 15.9 Å². The molecule has 0 bridgehead atoms. The molecule has 0 saturated heterocycles. The molecule has 0 amide bonds. The summed E-state index contributed by atoms with van der Waals surface area (Å²) in [4.78, 5) is 12.5. The van der Waals surface area contributed by atoms with Crippen molar-refractivity contribution >= 4 is 21.7 Å². The Kier molecular flexibility index (Phi) is 4.90. The third-order valence-electron chi connectivity index (χ3n) is 2.77. The maximum absolute atomic E-state index is 13.3. The zero-order valence-corrected chi connectivity index (χ0v) is 12.6. The molecule has 0 saturated carbocycles. The largest absolute Gasteiger partial charge is 0.493 e. The highest BCUT2D eigenvalue weighted by molar-refractivity contribution is 9.10. The molecule has 0 spiro atoms. The van der Waals surface area contributed by atoms with Crippen molar-refractivity contribution < 1.29 is 13.9 Å². The van der Waals surface area contributed by atoms with Crippen molar-refractivity contribution in [2.45, 2.75) is 13.3 Å². The van der Waals surface area contributed by atoms with Crippen molar-refractivity contribution in [2.24, 2.45) is 0 Å². The number of hydrogen-bond donors (Lipinski definition) is 0. The van der Waals surface area contributed by atoms with Gasteiger partial charge in [-0.2, -0.15) is 0 Å². The van der Waals surface area contributed by atoms with Gasteiger partial charge in [-0.3, -0.25) is 4.79 Å². The van der Waals surface area contributed by atoms with Crippen LogP contribution in [-0.2, 0) is 0 Å². The summed E-state index contributed by atoms with van der Waals surface area (Å²) in [6.07, 6.45) is 0.853. The second-order valence-corrected chi connectivity index (χ2v) is 5.15. The second-order valence-electron chi connectivity index (χ2n) is 4.30. The normalized spacial score (nSPS) is 10.3. The van der Waals surface area contributed by atoms with Crippen LogP contribution >= 0.6 is 15.9 Å². The number of hydrogen-bond acceptors (Lipinski definition) is 2. The van der Waals surface area contributed by atoms with Crippen molar-refractivity contribution in [3.63, 3.8) is 0 Å². The molecule has 0 fully saturated rings. The first-order valence-electron chi connectivity index (χ1n) is 6.35. The van der Waals surface area contributed by atoms with Crippen LogP contribution in [0.5, 0.6) is 5.75 Å². The van der Waals surface area contributed by atoms with Crippen LogP contribution in [0.3, 0.4) is 0 Å². The molecule has 4 heteroatoms. The number of carbonyl (C=O) groups excluding carboxylic acids is 1. The van der Waals surface area contributed by atoms with Gasteiger partial charge < -0.3 is 4.74 Å². The fourth-order valence-electron chi connectivity index (χ4n) is 1.81. The average Bonchev–Trinajstić information content (AvgIpc) is 2.47. The van der Waals surface area contributed by atoms with E-state index < -0.39 is 5.82 Å². The molecular weight excluding hydrogens is 323 g/mol. The molecule has 0 heterocycles. The Hall–Kier alpha value is -1.68. The molecule has 2 aromatic rings. The first-order valence-corrected chi connectivity index (χ1v) is 7.14. The minimum absolute atomic E-state index is 0.261. The van der Waals surface area contributed by atoms with Crippen LogP contribution in [-0.4, -0.2) is 12.4 Å². The predicted octanol–water partition coefficient (Wildman–Crippen LogP) is 4.61. The minimum Gasteiger partial charge on any atom is -0.493 e. The first-order chi connectivity index (χ1) is 9.63. The van der Waals surface area contributed by atoms with Gasteiger partial charge >= 0.3 is 0 Å². The highest BCUT2D eigenvalue weighted by Crippen LogP contribution is 2.26. The van der Waals surface area contributed by atoms with E-state index in [1.54, 1.807) is 18.2 Å². The lowest BCUT2D eigenvalue weighted by Gasteiger charge is -2.11. The number of ether oxygens (including phenoxy) is 1. The van der Waals surface area contributed by atoms with E-state index in [0.29, 0.717) is 22.4 Å². The minimum atomic E-state index is -0.441. The summed E-state index contributed by atoms with van der Waals surface area (Å²) < 4.78 is 19.5. The smallest absolute Gasteiger partial charge is 0.197 e. The molecule has 0 unspecified atom stereocenters. The number of benzene rings is 2. The molecule has 0 radical (unpaired) electrons. The first kappa shape index (κ1) is 14.7. The lowest BCUT2D eigenvalue weighted by molar-refractivity contribution is 0.103. The molecule has 0 aliphatic carbocycles. The van der Waals surface area contributed by atoms with Gasteiger partial charge in [0, 0.05) is 10.0 Å². The van der Waals surface area contributed by atoms with Crippen LogP contribution in [0.2, 0.25) is 0 Å². The quantitative estimate of drug-likeness (QED) is 0.745. The van der Waals surface area contributed by atoms with E-state index in [1.165, 1.54) is 18.2 Å². The van der Waals surface area contributed by atoms with Crippen LogP contribution in [0.1, 0.15) is 29.3 Å². The molecule has 20 heavy (non-hydrogen) atoms. The Balaban J connectivity index is 2.40. The van der Waals surface area contributed by atoms with Gasteiger partial charge in [0.2, 0.25) is 0 Å². The molecular formula is C16H14BrFO2. The number of rotatable bonds is 5. The van der Waals surface area contributed by atoms with Gasteiger partial charge in [0.25, 0.3) is 0 Å². The highest BCUT2D eigenvalue weighted by atomic mass is 79.9. The molecule has 104 valence electrons. The third-order valence-corrected chi connectivity index (χ3v) is 3.46. The van der Waals surface area contributed by atoms with E-state index in [-0.39, 0.29) is 11.3 Å². The SMILES string of the molecule is CCCOc1ccccc1C(=O)c1cc(F)ccc1Br. The van der Waals surface area contributed by atoms with Crippen molar-refractivity contribution in [1.82, 2.24) is 0 Å². The summed E-state index contributed by atoms with van der Waals surface area (Å²) in [6.45, 7) is 2.53. The van der Waals surface area contributed by atoms with Crippen LogP contribution in [0, 0.1) is 5.82 Å². The molecule has 0 aliphatic rings. The fourth-order valence-corrected chi connectivity index (χ4v) is 2.24. The summed E-state index contributed by atoms with van der Waals surface area (Å²) in [5.41, 5.74) is 0.727. The van der Waals surface area contributed by atoms with Gasteiger partial charge in [0.1, 0.15) is 11.6 Å². The second kappa shape index (κ2) is 6.66. The number of ketones is 1. The molecule has 2 aromatic carbocycles. The Morgan fingerprint density at radius 2 is 1.95 bits per heavy atom. The van der Waals surface area contributed by atoms with Crippen molar-refractivity contribution in [3.05, 3.63) is 63.9 Å². The Morgan fingerprint density at radius 3 is 2.70 bits per heavy atom. The monoisotopic (exact) mass is 336 g/mol. The summed E-state index contributed by atoms with van der Waals surface area (Å²) in [5, 5.41) is 0. The number of para-hydroxylation sites is 1. The van der Waals surface area contributed by atoms with Gasteiger partial charge in [-0.25, -0.2) is 4.39 Å². The molecule has 0 N–H and O–H groups in total.